The molecule has 136 valence electrons. The molecular weight excluding hydrogens is 306 g/mol. The van der Waals surface area contributed by atoms with Gasteiger partial charge in [0.1, 0.15) is 0 Å². The van der Waals surface area contributed by atoms with Crippen LogP contribution in [0.4, 0.5) is 0 Å². The first-order valence-corrected chi connectivity index (χ1v) is 9.70. The Morgan fingerprint density at radius 1 is 1.00 bits per heavy atom. The predicted molar refractivity (Wildman–Crippen MR) is 91.0 cm³/mol. The third kappa shape index (κ3) is 3.62. The number of carbonyl (C=O) groups is 1. The lowest BCUT2D eigenvalue weighted by molar-refractivity contribution is -0.132. The number of hydrogen-bond donors (Lipinski definition) is 0. The molecule has 4 rings (SSSR count). The van der Waals surface area contributed by atoms with E-state index in [9.17, 15) is 4.79 Å². The molecule has 4 aliphatic heterocycles. The number of hydrogen-bond acceptors (Lipinski definition) is 5. The van der Waals surface area contributed by atoms with Crippen LogP contribution in [0.1, 0.15) is 32.1 Å². The van der Waals surface area contributed by atoms with Crippen molar-refractivity contribution in [2.75, 3.05) is 65.6 Å². The molecule has 4 fully saturated rings. The van der Waals surface area contributed by atoms with Gasteiger partial charge in [-0.15, -0.1) is 0 Å². The Balaban J connectivity index is 1.24. The lowest BCUT2D eigenvalue weighted by Gasteiger charge is -2.39. The molecule has 0 aliphatic carbocycles. The molecule has 0 radical (unpaired) electrons. The standard InChI is InChI=1S/C18H31N3O3/c22-17(21-5-1-2-6-21)14-19-7-3-18(4-8-19)13-16(15-24-18)20-9-11-23-12-10-20/h16H,1-15H2. The maximum atomic E-state index is 12.3. The summed E-state index contributed by atoms with van der Waals surface area (Å²) in [5.74, 6) is 0.321. The van der Waals surface area contributed by atoms with Crippen molar-refractivity contribution in [1.82, 2.24) is 14.7 Å². The Hall–Kier alpha value is -0.690. The van der Waals surface area contributed by atoms with Gasteiger partial charge in [-0.3, -0.25) is 14.6 Å². The highest BCUT2D eigenvalue weighted by Crippen LogP contribution is 2.37. The molecule has 4 aliphatic rings. The number of amides is 1. The molecule has 1 spiro atoms. The minimum Gasteiger partial charge on any atom is -0.379 e. The maximum absolute atomic E-state index is 12.3. The summed E-state index contributed by atoms with van der Waals surface area (Å²) < 4.78 is 11.8. The maximum Gasteiger partial charge on any atom is 0.236 e. The average Bonchev–Trinajstić information content (AvgIpc) is 3.29. The third-order valence-electron chi connectivity index (χ3n) is 6.34. The number of rotatable bonds is 3. The third-order valence-corrected chi connectivity index (χ3v) is 6.34. The van der Waals surface area contributed by atoms with Crippen LogP contribution in [0.5, 0.6) is 0 Å². The zero-order chi connectivity index (χ0) is 16.4. The summed E-state index contributed by atoms with van der Waals surface area (Å²) in [5, 5.41) is 0. The second-order valence-electron chi connectivity index (χ2n) is 7.86. The van der Waals surface area contributed by atoms with Gasteiger partial charge in [0.05, 0.1) is 32.0 Å². The topological polar surface area (TPSA) is 45.3 Å². The van der Waals surface area contributed by atoms with Crippen molar-refractivity contribution in [3.05, 3.63) is 0 Å². The normalized spacial score (nSPS) is 31.8. The summed E-state index contributed by atoms with van der Waals surface area (Å²) in [6.45, 7) is 9.18. The number of morpholine rings is 1. The van der Waals surface area contributed by atoms with Crippen LogP contribution in [0.2, 0.25) is 0 Å². The van der Waals surface area contributed by atoms with Crippen LogP contribution in [-0.2, 0) is 14.3 Å². The van der Waals surface area contributed by atoms with Gasteiger partial charge in [0.25, 0.3) is 0 Å². The van der Waals surface area contributed by atoms with Crippen LogP contribution < -0.4 is 0 Å². The Bertz CT molecular complexity index is 439. The Morgan fingerprint density at radius 2 is 1.71 bits per heavy atom. The van der Waals surface area contributed by atoms with E-state index >= 15 is 0 Å². The van der Waals surface area contributed by atoms with Crippen molar-refractivity contribution in [2.45, 2.75) is 43.7 Å². The Labute approximate surface area is 145 Å². The minimum atomic E-state index is 0.0656. The molecule has 6 nitrogen and oxygen atoms in total. The van der Waals surface area contributed by atoms with E-state index in [-0.39, 0.29) is 5.60 Å². The van der Waals surface area contributed by atoms with Crippen molar-refractivity contribution in [3.8, 4) is 0 Å². The molecule has 0 aromatic rings. The van der Waals surface area contributed by atoms with E-state index in [0.29, 0.717) is 18.5 Å². The molecular formula is C18H31N3O3. The first kappa shape index (κ1) is 16.8. The zero-order valence-corrected chi connectivity index (χ0v) is 14.8. The smallest absolute Gasteiger partial charge is 0.236 e. The molecule has 1 atom stereocenters. The van der Waals surface area contributed by atoms with Crippen molar-refractivity contribution in [2.24, 2.45) is 0 Å². The van der Waals surface area contributed by atoms with Gasteiger partial charge in [-0.2, -0.15) is 0 Å². The van der Waals surface area contributed by atoms with Gasteiger partial charge in [0, 0.05) is 45.3 Å². The summed E-state index contributed by atoms with van der Waals surface area (Å²) in [7, 11) is 0. The molecule has 4 heterocycles. The van der Waals surface area contributed by atoms with E-state index in [0.717, 1.165) is 78.4 Å². The van der Waals surface area contributed by atoms with Gasteiger partial charge in [-0.05, 0) is 32.1 Å². The summed E-state index contributed by atoms with van der Waals surface area (Å²) >= 11 is 0. The first-order chi connectivity index (χ1) is 11.7. The molecule has 24 heavy (non-hydrogen) atoms. The quantitative estimate of drug-likeness (QED) is 0.753. The first-order valence-electron chi connectivity index (χ1n) is 9.70. The van der Waals surface area contributed by atoms with E-state index in [2.05, 4.69) is 9.80 Å². The van der Waals surface area contributed by atoms with E-state index < -0.39 is 0 Å². The lowest BCUT2D eigenvalue weighted by Crippen LogP contribution is -2.49. The van der Waals surface area contributed by atoms with Crippen molar-refractivity contribution in [3.63, 3.8) is 0 Å². The molecule has 0 saturated carbocycles. The molecule has 0 aromatic heterocycles. The predicted octanol–water partition coefficient (Wildman–Crippen LogP) is 0.565. The van der Waals surface area contributed by atoms with Crippen LogP contribution in [0.25, 0.3) is 0 Å². The highest BCUT2D eigenvalue weighted by molar-refractivity contribution is 5.78. The van der Waals surface area contributed by atoms with Crippen LogP contribution in [0.3, 0.4) is 0 Å². The second-order valence-corrected chi connectivity index (χ2v) is 7.86. The van der Waals surface area contributed by atoms with Crippen molar-refractivity contribution in [1.29, 1.82) is 0 Å². The average molecular weight is 337 g/mol. The van der Waals surface area contributed by atoms with E-state index in [1.54, 1.807) is 0 Å². The number of nitrogens with zero attached hydrogens (tertiary/aromatic N) is 3. The second kappa shape index (κ2) is 7.28. The largest absolute Gasteiger partial charge is 0.379 e. The van der Waals surface area contributed by atoms with Gasteiger partial charge < -0.3 is 14.4 Å². The van der Waals surface area contributed by atoms with Crippen molar-refractivity contribution < 1.29 is 14.3 Å². The Kier molecular flexibility index (Phi) is 5.08. The summed E-state index contributed by atoms with van der Waals surface area (Å²) in [4.78, 5) is 19.2. The monoisotopic (exact) mass is 337 g/mol. The lowest BCUT2D eigenvalue weighted by atomic mass is 9.87. The highest BCUT2D eigenvalue weighted by atomic mass is 16.5. The number of carbonyl (C=O) groups excluding carboxylic acids is 1. The molecule has 0 N–H and O–H groups in total. The van der Waals surface area contributed by atoms with Gasteiger partial charge in [-0.25, -0.2) is 0 Å². The SMILES string of the molecule is O=C(CN1CCC2(CC1)CC(N1CCOCC1)CO2)N1CCCC1. The molecule has 6 heteroatoms. The van der Waals surface area contributed by atoms with Gasteiger partial charge in [-0.1, -0.05) is 0 Å². The van der Waals surface area contributed by atoms with E-state index in [4.69, 9.17) is 9.47 Å². The molecule has 0 bridgehead atoms. The van der Waals surface area contributed by atoms with Gasteiger partial charge >= 0.3 is 0 Å². The fourth-order valence-electron chi connectivity index (χ4n) is 4.72. The highest BCUT2D eigenvalue weighted by Gasteiger charge is 2.44. The minimum absolute atomic E-state index is 0.0656. The van der Waals surface area contributed by atoms with Crippen LogP contribution in [-0.4, -0.2) is 97.9 Å². The van der Waals surface area contributed by atoms with Gasteiger partial charge in [0.15, 0.2) is 0 Å². The van der Waals surface area contributed by atoms with Crippen LogP contribution in [0.15, 0.2) is 0 Å². The zero-order valence-electron chi connectivity index (χ0n) is 14.8. The van der Waals surface area contributed by atoms with Crippen LogP contribution >= 0.6 is 0 Å². The van der Waals surface area contributed by atoms with Crippen molar-refractivity contribution >= 4 is 5.91 Å². The molecule has 4 saturated heterocycles. The summed E-state index contributed by atoms with van der Waals surface area (Å²) in [5.41, 5.74) is 0.0656. The van der Waals surface area contributed by atoms with Gasteiger partial charge in [0.2, 0.25) is 5.91 Å². The fourth-order valence-corrected chi connectivity index (χ4v) is 4.72. The number of likely N-dealkylation sites (tertiary alicyclic amines) is 2. The van der Waals surface area contributed by atoms with E-state index in [1.807, 2.05) is 4.90 Å². The Morgan fingerprint density at radius 3 is 2.42 bits per heavy atom. The summed E-state index contributed by atoms with van der Waals surface area (Å²) in [6.07, 6.45) is 5.64. The molecule has 0 aromatic carbocycles. The van der Waals surface area contributed by atoms with E-state index in [1.165, 1.54) is 12.8 Å². The number of piperidine rings is 1. The summed E-state index contributed by atoms with van der Waals surface area (Å²) in [6, 6.07) is 0.562. The fraction of sp³-hybridized carbons (Fsp3) is 0.944. The molecule has 1 amide bonds. The number of ether oxygens (including phenoxy) is 2. The van der Waals surface area contributed by atoms with Crippen LogP contribution in [0, 0.1) is 0 Å². The molecule has 1 unspecified atom stereocenters.